The first-order valence-electron chi connectivity index (χ1n) is 13.6. The molecule has 2 aromatic rings. The maximum Gasteiger partial charge on any atom is 0.407 e. The number of alkyl carbamates (subject to hydrolysis) is 1. The number of non-ortho nitro benzene ring substituents is 2. The van der Waals surface area contributed by atoms with E-state index in [4.69, 9.17) is 9.47 Å². The van der Waals surface area contributed by atoms with E-state index in [1.807, 2.05) is 0 Å². The van der Waals surface area contributed by atoms with Crippen molar-refractivity contribution in [2.45, 2.75) is 38.7 Å². The normalized spacial score (nSPS) is 17.6. The van der Waals surface area contributed by atoms with Gasteiger partial charge in [0.1, 0.15) is 18.9 Å². The predicted molar refractivity (Wildman–Crippen MR) is 157 cm³/mol. The number of thioether (sulfide) groups is 1. The summed E-state index contributed by atoms with van der Waals surface area (Å²) < 4.78 is 10.4. The number of amides is 3. The third-order valence-corrected chi connectivity index (χ3v) is 8.13. The van der Waals surface area contributed by atoms with E-state index in [9.17, 15) is 44.5 Å². The van der Waals surface area contributed by atoms with Crippen molar-refractivity contribution in [3.05, 3.63) is 90.5 Å². The number of benzene rings is 2. The number of nitrogens with zero attached hydrogens (tertiary/aromatic N) is 3. The van der Waals surface area contributed by atoms with Crippen molar-refractivity contribution < 1.29 is 43.6 Å². The minimum absolute atomic E-state index is 0.0672. The number of fused-ring (bicyclic) bond motifs is 1. The van der Waals surface area contributed by atoms with Crippen LogP contribution in [0.25, 0.3) is 0 Å². The molecule has 0 aliphatic carbocycles. The highest BCUT2D eigenvalue weighted by Crippen LogP contribution is 2.47. The van der Waals surface area contributed by atoms with Crippen LogP contribution < -0.4 is 10.6 Å². The fraction of sp³-hybridized carbons (Fsp3) is 0.357. The van der Waals surface area contributed by atoms with Crippen LogP contribution in [0.3, 0.4) is 0 Å². The number of aliphatic hydroxyl groups excluding tert-OH is 1. The molecular weight excluding hydrogens is 614 g/mol. The fourth-order valence-electron chi connectivity index (χ4n) is 4.77. The zero-order valence-electron chi connectivity index (χ0n) is 23.9. The Morgan fingerprint density at radius 1 is 0.978 bits per heavy atom. The number of carbonyl (C=O) groups excluding carboxylic acids is 4. The Bertz CT molecular complexity index is 1510. The summed E-state index contributed by atoms with van der Waals surface area (Å²) in [4.78, 5) is 72.3. The number of hydrogen-bond acceptors (Lipinski definition) is 12. The monoisotopic (exact) mass is 643 g/mol. The second kappa shape index (κ2) is 14.6. The molecule has 2 aliphatic heterocycles. The van der Waals surface area contributed by atoms with Gasteiger partial charge in [-0.1, -0.05) is 0 Å². The predicted octanol–water partition coefficient (Wildman–Crippen LogP) is 2.15. The van der Waals surface area contributed by atoms with Crippen LogP contribution in [0.15, 0.2) is 59.1 Å². The van der Waals surface area contributed by atoms with Gasteiger partial charge < -0.3 is 30.1 Å². The van der Waals surface area contributed by atoms with E-state index in [-0.39, 0.29) is 43.4 Å². The van der Waals surface area contributed by atoms with Crippen molar-refractivity contribution in [2.75, 3.05) is 18.8 Å². The molecule has 2 aromatic carbocycles. The number of β-lactam (4-membered cyclic amide) rings is 1. The number of hydrogen-bond donors (Lipinski definition) is 3. The molecule has 2 heterocycles. The lowest BCUT2D eigenvalue weighted by molar-refractivity contribution is -0.385. The third-order valence-electron chi connectivity index (χ3n) is 7.01. The average Bonchev–Trinajstić information content (AvgIpc) is 3.33. The van der Waals surface area contributed by atoms with Crippen molar-refractivity contribution in [3.63, 3.8) is 0 Å². The van der Waals surface area contributed by atoms with E-state index in [1.165, 1.54) is 72.1 Å². The molecule has 2 aliphatic rings. The summed E-state index contributed by atoms with van der Waals surface area (Å²) in [6, 6.07) is 10.5. The summed E-state index contributed by atoms with van der Waals surface area (Å²) in [5.41, 5.74) is 0.904. The summed E-state index contributed by atoms with van der Waals surface area (Å²) in [5.74, 6) is -1.99. The lowest BCUT2D eigenvalue weighted by atomic mass is 9.83. The molecule has 3 atom stereocenters. The first-order chi connectivity index (χ1) is 21.5. The van der Waals surface area contributed by atoms with Crippen LogP contribution in [0.4, 0.5) is 16.2 Å². The lowest BCUT2D eigenvalue weighted by Gasteiger charge is -2.44. The molecule has 1 fully saturated rings. The van der Waals surface area contributed by atoms with Gasteiger partial charge in [0.05, 0.1) is 34.5 Å². The smallest absolute Gasteiger partial charge is 0.407 e. The minimum atomic E-state index is -0.909. The summed E-state index contributed by atoms with van der Waals surface area (Å²) in [7, 11) is 0. The summed E-state index contributed by atoms with van der Waals surface area (Å²) in [6.45, 7) is 0.978. The highest BCUT2D eigenvalue weighted by atomic mass is 32.2. The second-order valence-electron chi connectivity index (χ2n) is 10.1. The van der Waals surface area contributed by atoms with Crippen molar-refractivity contribution in [1.82, 2.24) is 15.5 Å². The maximum absolute atomic E-state index is 13.1. The van der Waals surface area contributed by atoms with Gasteiger partial charge in [-0.05, 0) is 42.3 Å². The van der Waals surface area contributed by atoms with Crippen molar-refractivity contribution >= 4 is 47.0 Å². The molecular formula is C28H29N5O11S. The quantitative estimate of drug-likeness (QED) is 0.0886. The van der Waals surface area contributed by atoms with E-state index >= 15 is 0 Å². The van der Waals surface area contributed by atoms with Gasteiger partial charge in [0.2, 0.25) is 11.8 Å². The fourth-order valence-corrected chi connectivity index (χ4v) is 5.83. The van der Waals surface area contributed by atoms with Gasteiger partial charge >= 0.3 is 12.1 Å². The molecule has 0 bridgehead atoms. The molecule has 0 aromatic heterocycles. The van der Waals surface area contributed by atoms with Gasteiger partial charge in [-0.3, -0.25) is 29.8 Å². The number of esters is 1. The molecule has 0 saturated carbocycles. The van der Waals surface area contributed by atoms with Crippen molar-refractivity contribution in [2.24, 2.45) is 5.92 Å². The number of carbonyl (C=O) groups is 4. The van der Waals surface area contributed by atoms with Crippen LogP contribution in [-0.2, 0) is 37.1 Å². The number of nitro benzene ring substituents is 2. The highest BCUT2D eigenvalue weighted by molar-refractivity contribution is 8.03. The van der Waals surface area contributed by atoms with Gasteiger partial charge in [-0.15, -0.1) is 11.8 Å². The Labute approximate surface area is 260 Å². The summed E-state index contributed by atoms with van der Waals surface area (Å²) >= 11 is 1.24. The molecule has 45 heavy (non-hydrogen) atoms. The number of aliphatic hydroxyl groups is 1. The van der Waals surface area contributed by atoms with E-state index < -0.39 is 51.8 Å². The zero-order chi connectivity index (χ0) is 32.7. The van der Waals surface area contributed by atoms with Crippen molar-refractivity contribution in [3.8, 4) is 0 Å². The van der Waals surface area contributed by atoms with Gasteiger partial charge in [0.15, 0.2) is 0 Å². The molecule has 238 valence electrons. The highest BCUT2D eigenvalue weighted by Gasteiger charge is 2.57. The zero-order valence-corrected chi connectivity index (χ0v) is 24.7. The van der Waals surface area contributed by atoms with Crippen LogP contribution in [0.1, 0.15) is 24.5 Å². The number of nitrogens with one attached hydrogen (secondary N) is 2. The van der Waals surface area contributed by atoms with Crippen LogP contribution in [-0.4, -0.2) is 74.7 Å². The van der Waals surface area contributed by atoms with E-state index in [1.54, 1.807) is 0 Å². The molecule has 1 saturated heterocycles. The second-order valence-corrected chi connectivity index (χ2v) is 11.3. The molecule has 0 spiro atoms. The largest absolute Gasteiger partial charge is 0.456 e. The van der Waals surface area contributed by atoms with Crippen LogP contribution in [0.5, 0.6) is 0 Å². The molecule has 0 radical (unpaired) electrons. The Hall–Kier alpha value is -5.03. The molecule has 4 rings (SSSR count). The molecule has 16 nitrogen and oxygen atoms in total. The Balaban J connectivity index is 1.24. The first kappa shape index (κ1) is 32.9. The molecule has 0 unspecified atom stereocenters. The Kier molecular flexibility index (Phi) is 10.7. The van der Waals surface area contributed by atoms with Crippen LogP contribution >= 0.6 is 11.8 Å². The lowest BCUT2D eigenvalue weighted by Crippen LogP contribution is -2.61. The Morgan fingerprint density at radius 3 is 2.07 bits per heavy atom. The van der Waals surface area contributed by atoms with Crippen molar-refractivity contribution in [1.29, 1.82) is 0 Å². The third kappa shape index (κ3) is 8.12. The topological polar surface area (TPSA) is 221 Å². The van der Waals surface area contributed by atoms with E-state index in [2.05, 4.69) is 10.6 Å². The SMILES string of the molecule is C[C@H](O)[C@H]1C(=O)N2C(C(=O)OCc3ccc([N+](=O)[O-])cc3)=C(SCCNC(=O)CNC(=O)OCc3ccc([N+](=O)[O-])cc3)C[C@H]12. The van der Waals surface area contributed by atoms with Crippen LogP contribution in [0, 0.1) is 26.1 Å². The average molecular weight is 644 g/mol. The molecule has 17 heteroatoms. The van der Waals surface area contributed by atoms with E-state index in [0.29, 0.717) is 28.2 Å². The van der Waals surface area contributed by atoms with Gasteiger partial charge in [-0.2, -0.15) is 0 Å². The van der Waals surface area contributed by atoms with Crippen LogP contribution in [0.2, 0.25) is 0 Å². The molecule has 3 N–H and O–H groups in total. The number of nitro groups is 2. The summed E-state index contributed by atoms with van der Waals surface area (Å²) in [6.07, 6.45) is -1.44. The van der Waals surface area contributed by atoms with Gasteiger partial charge in [0.25, 0.3) is 11.4 Å². The van der Waals surface area contributed by atoms with Gasteiger partial charge in [-0.25, -0.2) is 9.59 Å². The Morgan fingerprint density at radius 2 is 1.53 bits per heavy atom. The number of rotatable bonds is 14. The first-order valence-corrected chi connectivity index (χ1v) is 14.6. The van der Waals surface area contributed by atoms with E-state index in [0.717, 1.165) is 0 Å². The standard InChI is InChI=1S/C28H29N5O11S/c1-16(34)24-21-12-22(25(31(21)26(24)36)27(37)43-14-17-2-6-19(7-3-17)32(39)40)45-11-10-29-23(35)13-30-28(38)44-15-18-4-8-20(9-5-18)33(41)42/h2-9,16,21,24,34H,10-15H2,1H3,(H,29,35)(H,30,38)/t16-,21+,24+/m0/s1. The maximum atomic E-state index is 13.1. The molecule has 3 amide bonds. The van der Waals surface area contributed by atoms with Gasteiger partial charge in [0, 0.05) is 47.9 Å². The number of ether oxygens (including phenoxy) is 2. The minimum Gasteiger partial charge on any atom is -0.456 e. The summed E-state index contributed by atoms with van der Waals surface area (Å²) in [5, 5.41) is 36.6.